The molecule has 2 aromatic rings. The molecule has 1 atom stereocenters. The number of aryl methyl sites for hydroxylation is 1. The minimum Gasteiger partial charge on any atom is -0.466 e. The fraction of sp³-hybridized carbons (Fsp3) is 0.500. The number of nitrogens with zero attached hydrogens (tertiary/aromatic N) is 4. The summed E-state index contributed by atoms with van der Waals surface area (Å²) >= 11 is 0. The van der Waals surface area contributed by atoms with Crippen LogP contribution in [0.4, 0.5) is 0 Å². The largest absolute Gasteiger partial charge is 0.466 e. The Hall–Kier alpha value is -1.62. The molecule has 0 aliphatic rings. The van der Waals surface area contributed by atoms with E-state index in [2.05, 4.69) is 25.7 Å². The van der Waals surface area contributed by atoms with Gasteiger partial charge in [-0.05, 0) is 26.0 Å². The van der Waals surface area contributed by atoms with Gasteiger partial charge in [0.1, 0.15) is 30.1 Å². The van der Waals surface area contributed by atoms with Gasteiger partial charge in [-0.15, -0.1) is 24.0 Å². The summed E-state index contributed by atoms with van der Waals surface area (Å²) in [5.41, 5.74) is -1.12. The Bertz CT molecular complexity index is 609. The molecule has 0 aromatic carbocycles. The van der Waals surface area contributed by atoms with Gasteiger partial charge in [0.15, 0.2) is 5.96 Å². The predicted octanol–water partition coefficient (Wildman–Crippen LogP) is 0.989. The molecule has 0 aliphatic carbocycles. The Morgan fingerprint density at radius 3 is 2.83 bits per heavy atom. The lowest BCUT2D eigenvalue weighted by atomic mass is 10.0. The van der Waals surface area contributed by atoms with Crippen molar-refractivity contribution in [3.8, 4) is 0 Å². The monoisotopic (exact) mass is 434 g/mol. The number of aromatic nitrogens is 3. The van der Waals surface area contributed by atoms with E-state index in [-0.39, 0.29) is 30.5 Å². The number of nitrogens with one attached hydrogen (secondary N) is 2. The number of guanidine groups is 1. The van der Waals surface area contributed by atoms with Crippen LogP contribution in [0.3, 0.4) is 0 Å². The van der Waals surface area contributed by atoms with Gasteiger partial charge < -0.3 is 20.2 Å². The first-order valence-corrected chi connectivity index (χ1v) is 7.14. The summed E-state index contributed by atoms with van der Waals surface area (Å²) in [7, 11) is 1.82. The first-order chi connectivity index (χ1) is 10.5. The van der Waals surface area contributed by atoms with Gasteiger partial charge in [0.25, 0.3) is 0 Å². The predicted molar refractivity (Wildman–Crippen MR) is 97.5 cm³/mol. The van der Waals surface area contributed by atoms with E-state index in [9.17, 15) is 5.11 Å². The van der Waals surface area contributed by atoms with E-state index in [0.29, 0.717) is 24.8 Å². The molecule has 2 heterocycles. The number of aliphatic imine (C=N–C) groups is 1. The first kappa shape index (κ1) is 19.4. The number of halogens is 1. The van der Waals surface area contributed by atoms with Crippen LogP contribution in [0, 0.1) is 0 Å². The van der Waals surface area contributed by atoms with Gasteiger partial charge in [-0.25, -0.2) is 9.98 Å². The van der Waals surface area contributed by atoms with Crippen LogP contribution in [0.5, 0.6) is 0 Å². The van der Waals surface area contributed by atoms with Crippen LogP contribution in [0.1, 0.15) is 25.4 Å². The maximum atomic E-state index is 10.4. The fourth-order valence-electron chi connectivity index (χ4n) is 1.88. The second kappa shape index (κ2) is 8.87. The normalized spacial score (nSPS) is 14.0. The van der Waals surface area contributed by atoms with Crippen molar-refractivity contribution in [1.82, 2.24) is 25.4 Å². The highest BCUT2D eigenvalue weighted by atomic mass is 127. The van der Waals surface area contributed by atoms with Crippen LogP contribution in [-0.4, -0.2) is 38.9 Å². The highest BCUT2D eigenvalue weighted by molar-refractivity contribution is 14.0. The SMILES string of the molecule is CCNC(=NCc1ncnn1C)NCC(C)(O)c1ccco1.I. The van der Waals surface area contributed by atoms with Crippen molar-refractivity contribution in [1.29, 1.82) is 0 Å². The van der Waals surface area contributed by atoms with Crippen LogP contribution in [0.2, 0.25) is 0 Å². The van der Waals surface area contributed by atoms with E-state index in [0.717, 1.165) is 5.82 Å². The van der Waals surface area contributed by atoms with Gasteiger partial charge in [0.2, 0.25) is 0 Å². The molecule has 23 heavy (non-hydrogen) atoms. The second-order valence-corrected chi connectivity index (χ2v) is 5.10. The fourth-order valence-corrected chi connectivity index (χ4v) is 1.88. The molecule has 0 amide bonds. The maximum absolute atomic E-state index is 10.4. The highest BCUT2D eigenvalue weighted by Gasteiger charge is 2.26. The lowest BCUT2D eigenvalue weighted by molar-refractivity contribution is 0.0386. The smallest absolute Gasteiger partial charge is 0.191 e. The summed E-state index contributed by atoms with van der Waals surface area (Å²) in [6.45, 7) is 5.04. The molecule has 2 rings (SSSR count). The molecular weight excluding hydrogens is 411 g/mol. The van der Waals surface area contributed by atoms with Crippen LogP contribution >= 0.6 is 24.0 Å². The van der Waals surface area contributed by atoms with Gasteiger partial charge in [0.05, 0.1) is 12.8 Å². The van der Waals surface area contributed by atoms with E-state index in [1.54, 1.807) is 23.7 Å². The zero-order valence-electron chi connectivity index (χ0n) is 13.5. The molecule has 0 radical (unpaired) electrons. The van der Waals surface area contributed by atoms with Crippen molar-refractivity contribution in [2.45, 2.75) is 26.0 Å². The Labute approximate surface area is 152 Å². The molecule has 9 heteroatoms. The quantitative estimate of drug-likeness (QED) is 0.356. The third kappa shape index (κ3) is 5.50. The van der Waals surface area contributed by atoms with Gasteiger partial charge >= 0.3 is 0 Å². The zero-order chi connectivity index (χ0) is 16.0. The van der Waals surface area contributed by atoms with Crippen molar-refractivity contribution in [3.05, 3.63) is 36.3 Å². The minimum absolute atomic E-state index is 0. The molecule has 1 unspecified atom stereocenters. The lowest BCUT2D eigenvalue weighted by Crippen LogP contribution is -2.44. The molecule has 0 bridgehead atoms. The summed E-state index contributed by atoms with van der Waals surface area (Å²) in [6.07, 6.45) is 3.03. The van der Waals surface area contributed by atoms with Gasteiger partial charge in [0, 0.05) is 13.6 Å². The van der Waals surface area contributed by atoms with Crippen molar-refractivity contribution < 1.29 is 9.52 Å². The summed E-state index contributed by atoms with van der Waals surface area (Å²) in [6, 6.07) is 3.49. The van der Waals surface area contributed by atoms with Crippen LogP contribution < -0.4 is 10.6 Å². The Kier molecular flexibility index (Phi) is 7.49. The number of rotatable bonds is 6. The van der Waals surface area contributed by atoms with E-state index < -0.39 is 5.60 Å². The van der Waals surface area contributed by atoms with Crippen molar-refractivity contribution >= 4 is 29.9 Å². The zero-order valence-corrected chi connectivity index (χ0v) is 15.8. The molecule has 0 aliphatic heterocycles. The summed E-state index contributed by atoms with van der Waals surface area (Å²) in [5.74, 6) is 1.86. The Morgan fingerprint density at radius 1 is 1.48 bits per heavy atom. The Balaban J connectivity index is 0.00000264. The molecular formula is C14H23IN6O2. The molecule has 0 saturated heterocycles. The summed E-state index contributed by atoms with van der Waals surface area (Å²) in [4.78, 5) is 8.55. The molecule has 2 aromatic heterocycles. The van der Waals surface area contributed by atoms with Gasteiger partial charge in [-0.2, -0.15) is 5.10 Å². The second-order valence-electron chi connectivity index (χ2n) is 5.10. The average Bonchev–Trinajstić information content (AvgIpc) is 3.14. The third-order valence-corrected chi connectivity index (χ3v) is 3.18. The van der Waals surface area contributed by atoms with E-state index in [1.165, 1.54) is 12.6 Å². The summed E-state index contributed by atoms with van der Waals surface area (Å²) < 4.78 is 6.93. The number of hydrogen-bond donors (Lipinski definition) is 3. The van der Waals surface area contributed by atoms with Crippen molar-refractivity contribution in [2.75, 3.05) is 13.1 Å². The summed E-state index contributed by atoms with van der Waals surface area (Å²) in [5, 5.41) is 20.6. The van der Waals surface area contributed by atoms with Gasteiger partial charge in [-0.1, -0.05) is 0 Å². The van der Waals surface area contributed by atoms with Crippen LogP contribution in [0.25, 0.3) is 0 Å². The van der Waals surface area contributed by atoms with Crippen LogP contribution in [0.15, 0.2) is 34.1 Å². The highest BCUT2D eigenvalue weighted by Crippen LogP contribution is 2.19. The van der Waals surface area contributed by atoms with Crippen molar-refractivity contribution in [3.63, 3.8) is 0 Å². The maximum Gasteiger partial charge on any atom is 0.191 e. The lowest BCUT2D eigenvalue weighted by Gasteiger charge is -2.22. The molecule has 8 nitrogen and oxygen atoms in total. The molecule has 0 spiro atoms. The molecule has 0 fully saturated rings. The Morgan fingerprint density at radius 2 is 2.26 bits per heavy atom. The van der Waals surface area contributed by atoms with E-state index >= 15 is 0 Å². The molecule has 128 valence electrons. The molecule has 3 N–H and O–H groups in total. The number of hydrogen-bond acceptors (Lipinski definition) is 5. The van der Waals surface area contributed by atoms with Gasteiger partial charge in [-0.3, -0.25) is 4.68 Å². The first-order valence-electron chi connectivity index (χ1n) is 7.14. The van der Waals surface area contributed by atoms with Crippen LogP contribution in [-0.2, 0) is 19.2 Å². The topological polar surface area (TPSA) is 100 Å². The average molecular weight is 434 g/mol. The molecule has 0 saturated carbocycles. The minimum atomic E-state index is -1.12. The third-order valence-electron chi connectivity index (χ3n) is 3.18. The number of aliphatic hydroxyl groups is 1. The van der Waals surface area contributed by atoms with E-state index in [1.807, 2.05) is 14.0 Å². The number of furan rings is 1. The standard InChI is InChI=1S/C14H22N6O2.HI/c1-4-15-13(16-8-12-18-10-19-20(12)3)17-9-14(2,21)11-6-5-7-22-11;/h5-7,10,21H,4,8-9H2,1-3H3,(H2,15,16,17);1H. The van der Waals surface area contributed by atoms with Crippen molar-refractivity contribution in [2.24, 2.45) is 12.0 Å². The van der Waals surface area contributed by atoms with E-state index in [4.69, 9.17) is 4.42 Å².